The number of ether oxygens (including phenoxy) is 1. The fourth-order valence-electron chi connectivity index (χ4n) is 4.61. The van der Waals surface area contributed by atoms with Crippen molar-refractivity contribution in [1.82, 2.24) is 33.4 Å². The molecule has 0 fully saturated rings. The third-order valence-corrected chi connectivity index (χ3v) is 9.34. The molecule has 0 saturated heterocycles. The van der Waals surface area contributed by atoms with Gasteiger partial charge in [-0.1, -0.05) is 19.9 Å². The molecule has 1 aliphatic rings. The Morgan fingerprint density at radius 2 is 2.00 bits per heavy atom. The number of imidazole rings is 1. The molecule has 1 amide bonds. The van der Waals surface area contributed by atoms with Gasteiger partial charge in [0.25, 0.3) is 0 Å². The molecule has 0 atom stereocenters. The van der Waals surface area contributed by atoms with Crippen LogP contribution in [0.2, 0.25) is 0 Å². The standard InChI is InChI=1S/C29H38N8O2S2/c1-8-36(9-2)41-27-19(3)13-24(40-27)33-25-26-30-15-23(21-14-31-34(7)16-21)37(26)18-22(32-25)20-11-10-12-35(17-20)28(38)39-29(4,5)6/h11,13-16,18H,8-10,12,17H2,1-7H3,(H,32,33). The van der Waals surface area contributed by atoms with E-state index in [-0.39, 0.29) is 6.09 Å². The van der Waals surface area contributed by atoms with E-state index in [9.17, 15) is 4.79 Å². The Kier molecular flexibility index (Phi) is 8.44. The zero-order chi connectivity index (χ0) is 29.3. The van der Waals surface area contributed by atoms with E-state index in [1.165, 1.54) is 9.77 Å². The molecule has 0 unspecified atom stereocenters. The fourth-order valence-corrected chi connectivity index (χ4v) is 6.84. The molecule has 10 nitrogen and oxygen atoms in total. The van der Waals surface area contributed by atoms with Crippen LogP contribution in [0.5, 0.6) is 0 Å². The average molecular weight is 595 g/mol. The SMILES string of the molecule is CCN(CC)Sc1sc(Nc2nc(C3=CCCN(C(=O)OC(C)(C)C)C3)cn3c(-c4cnn(C)c4)cnc23)cc1C. The van der Waals surface area contributed by atoms with Gasteiger partial charge in [0.1, 0.15) is 5.60 Å². The second-order valence-electron chi connectivity index (χ2n) is 11.0. The average Bonchev–Trinajstić information content (AvgIpc) is 3.64. The highest BCUT2D eigenvalue weighted by Gasteiger charge is 2.26. The third kappa shape index (κ3) is 6.60. The lowest BCUT2D eigenvalue weighted by Gasteiger charge is -2.30. The highest BCUT2D eigenvalue weighted by atomic mass is 32.2. The van der Waals surface area contributed by atoms with Crippen molar-refractivity contribution in [2.75, 3.05) is 31.5 Å². The van der Waals surface area contributed by atoms with E-state index >= 15 is 0 Å². The molecule has 0 aliphatic carbocycles. The first-order valence-corrected chi connectivity index (χ1v) is 15.5. The Morgan fingerprint density at radius 3 is 2.68 bits per heavy atom. The van der Waals surface area contributed by atoms with E-state index in [1.54, 1.807) is 32.9 Å². The smallest absolute Gasteiger partial charge is 0.410 e. The van der Waals surface area contributed by atoms with Gasteiger partial charge in [0.2, 0.25) is 0 Å². The fraction of sp³-hybridized carbons (Fsp3) is 0.448. The minimum absolute atomic E-state index is 0.312. The summed E-state index contributed by atoms with van der Waals surface area (Å²) >= 11 is 3.50. The quantitative estimate of drug-likeness (QED) is 0.228. The number of fused-ring (bicyclic) bond motifs is 1. The van der Waals surface area contributed by atoms with Gasteiger partial charge in [0.05, 0.1) is 39.5 Å². The topological polar surface area (TPSA) is 92.8 Å². The van der Waals surface area contributed by atoms with Crippen LogP contribution in [-0.4, -0.2) is 71.2 Å². The predicted molar refractivity (Wildman–Crippen MR) is 167 cm³/mol. The molecule has 5 heterocycles. The van der Waals surface area contributed by atoms with Crippen molar-refractivity contribution in [3.05, 3.63) is 48.2 Å². The molecule has 1 aliphatic heterocycles. The molecular weight excluding hydrogens is 557 g/mol. The Hall–Kier alpha value is -3.35. The number of nitrogens with zero attached hydrogens (tertiary/aromatic N) is 7. The highest BCUT2D eigenvalue weighted by Crippen LogP contribution is 2.38. The molecule has 218 valence electrons. The maximum Gasteiger partial charge on any atom is 0.410 e. The monoisotopic (exact) mass is 594 g/mol. The van der Waals surface area contributed by atoms with Gasteiger partial charge in [-0.05, 0) is 63.3 Å². The van der Waals surface area contributed by atoms with Gasteiger partial charge in [-0.2, -0.15) is 5.10 Å². The van der Waals surface area contributed by atoms with Crippen LogP contribution in [0.1, 0.15) is 52.3 Å². The molecule has 0 radical (unpaired) electrons. The molecule has 0 bridgehead atoms. The van der Waals surface area contributed by atoms with Crippen LogP contribution < -0.4 is 5.32 Å². The molecule has 4 aromatic heterocycles. The van der Waals surface area contributed by atoms with Crippen LogP contribution in [0.25, 0.3) is 22.5 Å². The van der Waals surface area contributed by atoms with E-state index in [0.717, 1.165) is 52.7 Å². The van der Waals surface area contributed by atoms with E-state index < -0.39 is 5.60 Å². The molecule has 12 heteroatoms. The normalized spacial score (nSPS) is 14.1. The maximum atomic E-state index is 12.9. The number of anilines is 2. The van der Waals surface area contributed by atoms with Crippen LogP contribution in [0.15, 0.2) is 41.1 Å². The highest BCUT2D eigenvalue weighted by molar-refractivity contribution is 7.99. The van der Waals surface area contributed by atoms with Crippen molar-refractivity contribution in [1.29, 1.82) is 0 Å². The Balaban J connectivity index is 1.52. The first kappa shape index (κ1) is 29.2. The number of nitrogens with one attached hydrogen (secondary N) is 1. The van der Waals surface area contributed by atoms with Gasteiger partial charge in [-0.15, -0.1) is 11.3 Å². The second kappa shape index (κ2) is 11.9. The predicted octanol–water partition coefficient (Wildman–Crippen LogP) is 6.62. The molecular formula is C29H38N8O2S2. The number of hydrogen-bond donors (Lipinski definition) is 1. The van der Waals surface area contributed by atoms with Crippen LogP contribution in [0.3, 0.4) is 0 Å². The molecule has 0 aromatic carbocycles. The van der Waals surface area contributed by atoms with Crippen LogP contribution in [0.4, 0.5) is 15.6 Å². The first-order chi connectivity index (χ1) is 19.5. The van der Waals surface area contributed by atoms with Crippen molar-refractivity contribution in [3.63, 3.8) is 0 Å². The number of aryl methyl sites for hydroxylation is 2. The molecule has 0 saturated carbocycles. The zero-order valence-corrected chi connectivity index (χ0v) is 26.4. The van der Waals surface area contributed by atoms with Crippen molar-refractivity contribution >= 4 is 51.4 Å². The molecule has 0 spiro atoms. The third-order valence-electron chi connectivity index (χ3n) is 6.66. The van der Waals surface area contributed by atoms with E-state index in [4.69, 9.17) is 14.7 Å². The largest absolute Gasteiger partial charge is 0.444 e. The number of aromatic nitrogens is 5. The van der Waals surface area contributed by atoms with Gasteiger partial charge in [0, 0.05) is 44.6 Å². The van der Waals surface area contributed by atoms with Crippen molar-refractivity contribution < 1.29 is 9.53 Å². The zero-order valence-electron chi connectivity index (χ0n) is 24.8. The van der Waals surface area contributed by atoms with Gasteiger partial charge in [-0.25, -0.2) is 19.1 Å². The number of carbonyl (C=O) groups is 1. The number of carbonyl (C=O) groups excluding carboxylic acids is 1. The summed E-state index contributed by atoms with van der Waals surface area (Å²) in [4.78, 5) is 24.4. The van der Waals surface area contributed by atoms with E-state index in [1.807, 2.05) is 52.6 Å². The summed E-state index contributed by atoms with van der Waals surface area (Å²) in [5.41, 5.74) is 5.02. The summed E-state index contributed by atoms with van der Waals surface area (Å²) in [5, 5.41) is 8.93. The van der Waals surface area contributed by atoms with Gasteiger partial charge >= 0.3 is 6.09 Å². The molecule has 5 rings (SSSR count). The van der Waals surface area contributed by atoms with Crippen LogP contribution >= 0.6 is 23.3 Å². The number of hydrogen-bond acceptors (Lipinski definition) is 9. The Morgan fingerprint density at radius 1 is 1.22 bits per heavy atom. The summed E-state index contributed by atoms with van der Waals surface area (Å²) in [6, 6.07) is 2.16. The van der Waals surface area contributed by atoms with Crippen molar-refractivity contribution in [2.45, 2.75) is 57.8 Å². The van der Waals surface area contributed by atoms with E-state index in [0.29, 0.717) is 18.9 Å². The van der Waals surface area contributed by atoms with Crippen molar-refractivity contribution in [2.24, 2.45) is 7.05 Å². The number of rotatable bonds is 8. The first-order valence-electron chi connectivity index (χ1n) is 13.9. The number of thiophene rings is 1. The number of amides is 1. The lowest BCUT2D eigenvalue weighted by Crippen LogP contribution is -2.39. The maximum absolute atomic E-state index is 12.9. The minimum Gasteiger partial charge on any atom is -0.444 e. The van der Waals surface area contributed by atoms with Gasteiger partial charge in [0.15, 0.2) is 11.5 Å². The molecule has 41 heavy (non-hydrogen) atoms. The van der Waals surface area contributed by atoms with Gasteiger partial charge in [-0.3, -0.25) is 9.08 Å². The van der Waals surface area contributed by atoms with Crippen LogP contribution in [-0.2, 0) is 11.8 Å². The summed E-state index contributed by atoms with van der Waals surface area (Å²) in [6.07, 6.45) is 10.2. The van der Waals surface area contributed by atoms with E-state index in [2.05, 4.69) is 52.0 Å². The molecule has 1 N–H and O–H groups in total. The van der Waals surface area contributed by atoms with Crippen LogP contribution in [0, 0.1) is 6.92 Å². The minimum atomic E-state index is -0.552. The second-order valence-corrected chi connectivity index (χ2v) is 13.5. The van der Waals surface area contributed by atoms with Crippen molar-refractivity contribution in [3.8, 4) is 11.3 Å². The lowest BCUT2D eigenvalue weighted by molar-refractivity contribution is 0.0273. The summed E-state index contributed by atoms with van der Waals surface area (Å²) in [6.45, 7) is 15.1. The summed E-state index contributed by atoms with van der Waals surface area (Å²) in [7, 11) is 1.90. The lowest BCUT2D eigenvalue weighted by atomic mass is 10.1. The van der Waals surface area contributed by atoms with Gasteiger partial charge < -0.3 is 15.0 Å². The summed E-state index contributed by atoms with van der Waals surface area (Å²) < 4.78 is 13.1. The summed E-state index contributed by atoms with van der Waals surface area (Å²) in [5.74, 6) is 0.661. The molecule has 4 aromatic rings. The Labute approximate surface area is 249 Å². The Bertz CT molecular complexity index is 1580.